The molecular weight excluding hydrogens is 486 g/mol. The lowest BCUT2D eigenvalue weighted by molar-refractivity contribution is -0.116. The summed E-state index contributed by atoms with van der Waals surface area (Å²) in [6, 6.07) is 8.61. The van der Waals surface area contributed by atoms with Crippen LogP contribution in [0, 0.1) is 11.3 Å². The maximum Gasteiger partial charge on any atom is 0.273 e. The number of carbonyl (C=O) groups excluding carboxylic acids is 2. The molecule has 1 unspecified atom stereocenters. The number of ether oxygens (including phenoxy) is 3. The van der Waals surface area contributed by atoms with Crippen LogP contribution in [0.15, 0.2) is 53.1 Å². The zero-order chi connectivity index (χ0) is 26.0. The number of nitrogens with two attached hydrogens (primary N) is 1. The molecule has 2 aliphatic rings. The van der Waals surface area contributed by atoms with Crippen LogP contribution >= 0.6 is 11.6 Å². The minimum Gasteiger partial charge on any atom is -0.493 e. The molecule has 0 saturated heterocycles. The van der Waals surface area contributed by atoms with Gasteiger partial charge in [-0.1, -0.05) is 17.7 Å². The Morgan fingerprint density at radius 1 is 1.19 bits per heavy atom. The van der Waals surface area contributed by atoms with Crippen LogP contribution in [0.3, 0.4) is 0 Å². The molecule has 186 valence electrons. The molecule has 10 nitrogen and oxygen atoms in total. The molecule has 0 radical (unpaired) electrons. The van der Waals surface area contributed by atoms with E-state index in [9.17, 15) is 14.9 Å². The van der Waals surface area contributed by atoms with E-state index in [0.717, 1.165) is 0 Å². The molecule has 3 N–H and O–H groups in total. The first-order chi connectivity index (χ1) is 17.4. The monoisotopic (exact) mass is 509 g/mol. The molecule has 1 aromatic carbocycles. The molecule has 4 rings (SSSR count). The predicted molar refractivity (Wildman–Crippen MR) is 130 cm³/mol. The maximum absolute atomic E-state index is 13.3. The number of nitrogens with one attached hydrogen (secondary N) is 1. The van der Waals surface area contributed by atoms with Crippen LogP contribution in [0.25, 0.3) is 0 Å². The number of amides is 1. The Hall–Kier alpha value is -4.23. The zero-order valence-corrected chi connectivity index (χ0v) is 20.7. The smallest absolute Gasteiger partial charge is 0.273 e. The SMILES string of the molecule is COc1ccc(C2C(C#N)=C(N)N(NC(=O)c3cccnc3Cl)C3=C2C(=O)CCC3)c(OC)c1OC. The Morgan fingerprint density at radius 3 is 2.58 bits per heavy atom. The van der Waals surface area contributed by atoms with E-state index < -0.39 is 11.8 Å². The number of hydrogen-bond donors (Lipinski definition) is 2. The number of nitrogens with zero attached hydrogens (tertiary/aromatic N) is 3. The number of hydrogen-bond acceptors (Lipinski definition) is 9. The lowest BCUT2D eigenvalue weighted by atomic mass is 9.75. The number of ketones is 1. The lowest BCUT2D eigenvalue weighted by Crippen LogP contribution is -2.48. The number of pyridine rings is 1. The van der Waals surface area contributed by atoms with Crippen LogP contribution in [0.5, 0.6) is 17.2 Å². The van der Waals surface area contributed by atoms with Crippen LogP contribution in [0.2, 0.25) is 5.15 Å². The van der Waals surface area contributed by atoms with E-state index in [2.05, 4.69) is 16.5 Å². The molecule has 1 atom stereocenters. The molecule has 1 aromatic heterocycles. The van der Waals surface area contributed by atoms with Crippen molar-refractivity contribution in [1.82, 2.24) is 15.4 Å². The Kier molecular flexibility index (Phi) is 7.03. The van der Waals surface area contributed by atoms with Crippen molar-refractivity contribution in [1.29, 1.82) is 5.26 Å². The largest absolute Gasteiger partial charge is 0.493 e. The van der Waals surface area contributed by atoms with Crippen LogP contribution in [0.4, 0.5) is 0 Å². The summed E-state index contributed by atoms with van der Waals surface area (Å²) in [5.74, 6) is -0.523. The van der Waals surface area contributed by atoms with Crippen LogP contribution in [-0.2, 0) is 4.79 Å². The molecule has 1 aliphatic carbocycles. The third-order valence-corrected chi connectivity index (χ3v) is 6.48. The van der Waals surface area contributed by atoms with Gasteiger partial charge >= 0.3 is 0 Å². The maximum atomic E-state index is 13.3. The van der Waals surface area contributed by atoms with Crippen LogP contribution < -0.4 is 25.4 Å². The van der Waals surface area contributed by atoms with Gasteiger partial charge in [0.05, 0.1) is 44.5 Å². The standard InChI is InChI=1S/C25H24ClN5O5/c1-34-18-10-9-13(21(35-2)22(18)36-3)19-15(12-27)24(28)31(16-7-4-8-17(32)20(16)19)30-25(33)14-6-5-11-29-23(14)26/h5-6,9-11,19H,4,7-8,28H2,1-3H3,(H,30,33). The Bertz CT molecular complexity index is 1350. The quantitative estimate of drug-likeness (QED) is 0.561. The van der Waals surface area contributed by atoms with Crippen LogP contribution in [-0.4, -0.2) is 43.0 Å². The van der Waals surface area contributed by atoms with Crippen molar-refractivity contribution in [2.24, 2.45) is 5.73 Å². The molecule has 0 fully saturated rings. The van der Waals surface area contributed by atoms with Gasteiger partial charge in [-0.15, -0.1) is 0 Å². The van der Waals surface area contributed by atoms with Gasteiger partial charge < -0.3 is 19.9 Å². The van der Waals surface area contributed by atoms with Crippen molar-refractivity contribution in [3.8, 4) is 23.3 Å². The van der Waals surface area contributed by atoms with E-state index in [0.29, 0.717) is 53.3 Å². The first kappa shape index (κ1) is 24.9. The average molecular weight is 510 g/mol. The molecule has 2 aromatic rings. The highest BCUT2D eigenvalue weighted by molar-refractivity contribution is 6.32. The van der Waals surface area contributed by atoms with E-state index in [1.807, 2.05) is 0 Å². The Balaban J connectivity index is 1.90. The van der Waals surface area contributed by atoms with Gasteiger partial charge in [0.15, 0.2) is 17.3 Å². The molecule has 1 aliphatic heterocycles. The highest BCUT2D eigenvalue weighted by atomic mass is 35.5. The Morgan fingerprint density at radius 2 is 1.94 bits per heavy atom. The normalized spacial score (nSPS) is 17.4. The van der Waals surface area contributed by atoms with E-state index in [1.165, 1.54) is 38.6 Å². The van der Waals surface area contributed by atoms with Gasteiger partial charge in [0.1, 0.15) is 11.0 Å². The number of nitriles is 1. The van der Waals surface area contributed by atoms with Gasteiger partial charge in [-0.2, -0.15) is 5.26 Å². The summed E-state index contributed by atoms with van der Waals surface area (Å²) in [5, 5.41) is 11.5. The number of halogens is 1. The summed E-state index contributed by atoms with van der Waals surface area (Å²) in [7, 11) is 4.43. The van der Waals surface area contributed by atoms with E-state index in [1.54, 1.807) is 18.2 Å². The fourth-order valence-corrected chi connectivity index (χ4v) is 4.80. The number of hydrazine groups is 1. The van der Waals surface area contributed by atoms with Crippen molar-refractivity contribution in [3.63, 3.8) is 0 Å². The molecule has 36 heavy (non-hydrogen) atoms. The van der Waals surface area contributed by atoms with E-state index in [-0.39, 0.29) is 27.9 Å². The third-order valence-electron chi connectivity index (χ3n) is 6.18. The fraction of sp³-hybridized carbons (Fsp3) is 0.280. The van der Waals surface area contributed by atoms with Gasteiger partial charge in [0.2, 0.25) is 5.75 Å². The first-order valence-electron chi connectivity index (χ1n) is 11.0. The number of allylic oxidation sites excluding steroid dienone is 3. The summed E-state index contributed by atoms with van der Waals surface area (Å²) in [6.07, 6.45) is 2.76. The summed E-state index contributed by atoms with van der Waals surface area (Å²) >= 11 is 6.09. The van der Waals surface area contributed by atoms with Crippen LogP contribution in [0.1, 0.15) is 41.1 Å². The summed E-state index contributed by atoms with van der Waals surface area (Å²) in [4.78, 5) is 30.3. The number of carbonyl (C=O) groups is 2. The van der Waals surface area contributed by atoms with Crippen molar-refractivity contribution < 1.29 is 23.8 Å². The summed E-state index contributed by atoms with van der Waals surface area (Å²) in [5.41, 5.74) is 10.7. The lowest BCUT2D eigenvalue weighted by Gasteiger charge is -2.39. The molecule has 1 amide bonds. The van der Waals surface area contributed by atoms with Crippen molar-refractivity contribution in [2.75, 3.05) is 21.3 Å². The molecule has 11 heteroatoms. The van der Waals surface area contributed by atoms with Gasteiger partial charge in [-0.05, 0) is 31.0 Å². The summed E-state index contributed by atoms with van der Waals surface area (Å²) in [6.45, 7) is 0. The van der Waals surface area contributed by atoms with Crippen molar-refractivity contribution in [3.05, 3.63) is 69.4 Å². The second-order valence-corrected chi connectivity index (χ2v) is 8.38. The third kappa shape index (κ3) is 4.07. The molecular formula is C25H24ClN5O5. The van der Waals surface area contributed by atoms with Gasteiger partial charge in [-0.25, -0.2) is 9.99 Å². The van der Waals surface area contributed by atoms with Crippen molar-refractivity contribution in [2.45, 2.75) is 25.2 Å². The molecule has 2 heterocycles. The Labute approximate surface area is 212 Å². The molecule has 0 bridgehead atoms. The highest BCUT2D eigenvalue weighted by Crippen LogP contribution is 2.50. The molecule has 0 saturated carbocycles. The average Bonchev–Trinajstić information content (AvgIpc) is 2.89. The van der Waals surface area contributed by atoms with Crippen molar-refractivity contribution >= 4 is 23.3 Å². The van der Waals surface area contributed by atoms with Gasteiger partial charge in [-0.3, -0.25) is 15.0 Å². The summed E-state index contributed by atoms with van der Waals surface area (Å²) < 4.78 is 16.5. The topological polar surface area (TPSA) is 140 Å². The first-order valence-corrected chi connectivity index (χ1v) is 11.4. The van der Waals surface area contributed by atoms with Gasteiger partial charge in [0, 0.05) is 29.5 Å². The number of aromatic nitrogens is 1. The number of methoxy groups -OCH3 is 3. The van der Waals surface area contributed by atoms with Gasteiger partial charge in [0.25, 0.3) is 5.91 Å². The number of benzene rings is 1. The predicted octanol–water partition coefficient (Wildman–Crippen LogP) is 3.21. The molecule has 0 spiro atoms. The highest BCUT2D eigenvalue weighted by Gasteiger charge is 2.42. The number of Topliss-reactive ketones (excluding diaryl/α,β-unsaturated/α-hetero) is 1. The fourth-order valence-electron chi connectivity index (χ4n) is 4.59. The minimum absolute atomic E-state index is 0.0110. The zero-order valence-electron chi connectivity index (χ0n) is 19.9. The van der Waals surface area contributed by atoms with E-state index in [4.69, 9.17) is 31.5 Å². The second-order valence-electron chi connectivity index (χ2n) is 8.02. The number of rotatable bonds is 6. The minimum atomic E-state index is -0.831. The second kappa shape index (κ2) is 10.2. The van der Waals surface area contributed by atoms with E-state index >= 15 is 0 Å².